The van der Waals surface area contributed by atoms with E-state index in [0.29, 0.717) is 17.8 Å². The van der Waals surface area contributed by atoms with Gasteiger partial charge in [-0.15, -0.1) is 0 Å². The molecule has 1 aromatic rings. The fraction of sp³-hybridized carbons (Fsp3) is 0.286. The lowest BCUT2D eigenvalue weighted by Gasteiger charge is -2.05. The highest BCUT2D eigenvalue weighted by Gasteiger charge is 2.08. The molecule has 6 heteroatoms. The van der Waals surface area contributed by atoms with Gasteiger partial charge in [-0.05, 0) is 12.5 Å². The van der Waals surface area contributed by atoms with Crippen molar-refractivity contribution < 1.29 is 19.3 Å². The van der Waals surface area contributed by atoms with Gasteiger partial charge in [-0.2, -0.15) is 0 Å². The zero-order chi connectivity index (χ0) is 15.0. The van der Waals surface area contributed by atoms with E-state index in [-0.39, 0.29) is 0 Å². The third-order valence-electron chi connectivity index (χ3n) is 2.14. The smallest absolute Gasteiger partial charge is 0.319 e. The van der Waals surface area contributed by atoms with Crippen LogP contribution in [0.3, 0.4) is 0 Å². The van der Waals surface area contributed by atoms with E-state index in [1.54, 1.807) is 6.92 Å². The van der Waals surface area contributed by atoms with Crippen molar-refractivity contribution in [1.82, 2.24) is 0 Å². The van der Waals surface area contributed by atoms with E-state index in [2.05, 4.69) is 20.0 Å². The Balaban J connectivity index is 2.89. The Hall–Kier alpha value is -2.50. The van der Waals surface area contributed by atoms with E-state index < -0.39 is 11.9 Å². The summed E-state index contributed by atoms with van der Waals surface area (Å²) in [5.74, 6) is -1.00. The van der Waals surface area contributed by atoms with Crippen LogP contribution in [0.5, 0.6) is 0 Å². The molecule has 0 fully saturated rings. The minimum absolute atomic E-state index is 0.296. The maximum Gasteiger partial charge on any atom is 0.331 e. The predicted molar refractivity (Wildman–Crippen MR) is 74.2 cm³/mol. The van der Waals surface area contributed by atoms with Gasteiger partial charge >= 0.3 is 11.9 Å². The molecule has 20 heavy (non-hydrogen) atoms. The maximum atomic E-state index is 10.9. The molecule has 106 valence electrons. The quantitative estimate of drug-likeness (QED) is 0.469. The van der Waals surface area contributed by atoms with Crippen molar-refractivity contribution in [2.75, 3.05) is 0 Å². The van der Waals surface area contributed by atoms with Crippen LogP contribution in [0.1, 0.15) is 32.8 Å². The summed E-state index contributed by atoms with van der Waals surface area (Å²) in [5.41, 5.74) is 1.86. The topological polar surface area (TPSA) is 77.3 Å². The zero-order valence-electron chi connectivity index (χ0n) is 11.6. The van der Waals surface area contributed by atoms with Crippen molar-refractivity contribution in [3.05, 3.63) is 35.9 Å². The molecule has 6 nitrogen and oxygen atoms in total. The second-order valence-corrected chi connectivity index (χ2v) is 4.07. The van der Waals surface area contributed by atoms with Crippen LogP contribution >= 0.6 is 0 Å². The monoisotopic (exact) mass is 276 g/mol. The molecule has 0 heterocycles. The van der Waals surface area contributed by atoms with Gasteiger partial charge in [0.25, 0.3) is 0 Å². The van der Waals surface area contributed by atoms with Crippen molar-refractivity contribution in [2.24, 2.45) is 10.3 Å². The third-order valence-corrected chi connectivity index (χ3v) is 2.14. The molecule has 1 aromatic carbocycles. The Morgan fingerprint density at radius 1 is 0.950 bits per heavy atom. The van der Waals surface area contributed by atoms with Crippen LogP contribution in [-0.2, 0) is 19.3 Å². The van der Waals surface area contributed by atoms with E-state index >= 15 is 0 Å². The minimum atomic E-state index is -0.506. The summed E-state index contributed by atoms with van der Waals surface area (Å²) in [6.07, 6.45) is 0.296. The van der Waals surface area contributed by atoms with Gasteiger partial charge in [-0.25, -0.2) is 9.59 Å². The Morgan fingerprint density at radius 3 is 2.05 bits per heavy atom. The Bertz CT molecular complexity index is 535. The molecule has 0 aliphatic carbocycles. The van der Waals surface area contributed by atoms with Gasteiger partial charge in [0, 0.05) is 20.3 Å². The molecule has 0 unspecified atom stereocenters. The predicted octanol–water partition coefficient (Wildman–Crippen LogP) is 2.28. The fourth-order valence-corrected chi connectivity index (χ4v) is 1.35. The highest BCUT2D eigenvalue weighted by Crippen LogP contribution is 2.07. The van der Waals surface area contributed by atoms with E-state index in [1.165, 1.54) is 13.8 Å². The number of hydrogen-bond acceptors (Lipinski definition) is 6. The molecule has 0 N–H and O–H groups in total. The number of oxime groups is 2. The molecular formula is C14H16N2O4. The maximum absolute atomic E-state index is 10.9. The summed E-state index contributed by atoms with van der Waals surface area (Å²) in [4.78, 5) is 30.8. The molecule has 0 aliphatic rings. The van der Waals surface area contributed by atoms with E-state index in [9.17, 15) is 9.59 Å². The molecule has 0 spiro atoms. The average molecular weight is 276 g/mol. The molecule has 0 atom stereocenters. The van der Waals surface area contributed by atoms with Crippen LogP contribution in [0.25, 0.3) is 0 Å². The van der Waals surface area contributed by atoms with Crippen molar-refractivity contribution >= 4 is 23.4 Å². The number of hydrogen-bond donors (Lipinski definition) is 0. The number of benzene rings is 1. The molecule has 0 bridgehead atoms. The highest BCUT2D eigenvalue weighted by atomic mass is 16.7. The summed E-state index contributed by atoms with van der Waals surface area (Å²) in [7, 11) is 0. The first-order valence-corrected chi connectivity index (χ1v) is 6.00. The van der Waals surface area contributed by atoms with E-state index in [0.717, 1.165) is 5.56 Å². The number of rotatable bonds is 5. The van der Waals surface area contributed by atoms with E-state index in [1.807, 2.05) is 30.3 Å². The van der Waals surface area contributed by atoms with Crippen LogP contribution in [0, 0.1) is 0 Å². The normalized spacial score (nSPS) is 11.9. The lowest BCUT2D eigenvalue weighted by molar-refractivity contribution is -0.141. The van der Waals surface area contributed by atoms with Gasteiger partial charge in [-0.1, -0.05) is 40.6 Å². The first kappa shape index (κ1) is 15.6. The fourth-order valence-electron chi connectivity index (χ4n) is 1.35. The summed E-state index contributed by atoms with van der Waals surface area (Å²) >= 11 is 0. The molecule has 0 radical (unpaired) electrons. The Kier molecular flexibility index (Phi) is 6.09. The van der Waals surface area contributed by atoms with Crippen LogP contribution in [0.15, 0.2) is 40.6 Å². The average Bonchev–Trinajstić information content (AvgIpc) is 2.42. The molecule has 0 aromatic heterocycles. The number of nitrogens with zero attached hydrogens (tertiary/aromatic N) is 2. The molecule has 1 rings (SSSR count). The van der Waals surface area contributed by atoms with Crippen LogP contribution in [0.2, 0.25) is 0 Å². The lowest BCUT2D eigenvalue weighted by atomic mass is 10.1. The zero-order valence-corrected chi connectivity index (χ0v) is 11.6. The van der Waals surface area contributed by atoms with Crippen molar-refractivity contribution in [3.63, 3.8) is 0 Å². The summed E-state index contributed by atoms with van der Waals surface area (Å²) in [6, 6.07) is 9.23. The van der Waals surface area contributed by atoms with Crippen molar-refractivity contribution in [3.8, 4) is 0 Å². The molecule has 0 saturated carbocycles. The van der Waals surface area contributed by atoms with Gasteiger partial charge in [0.2, 0.25) is 0 Å². The first-order chi connectivity index (χ1) is 9.49. The number of carbonyl (C=O) groups excluding carboxylic acids is 2. The lowest BCUT2D eigenvalue weighted by Crippen LogP contribution is -2.09. The second kappa shape index (κ2) is 7.83. The van der Waals surface area contributed by atoms with Crippen LogP contribution < -0.4 is 0 Å². The molecule has 0 amide bonds. The Labute approximate surface area is 117 Å². The second-order valence-electron chi connectivity index (χ2n) is 4.07. The molecular weight excluding hydrogens is 260 g/mol. The Morgan fingerprint density at radius 2 is 1.50 bits per heavy atom. The van der Waals surface area contributed by atoms with Gasteiger partial charge in [0.1, 0.15) is 0 Å². The number of carbonyl (C=O) groups is 2. The highest BCUT2D eigenvalue weighted by molar-refractivity contribution is 6.11. The molecule has 0 saturated heterocycles. The van der Waals surface area contributed by atoms with Gasteiger partial charge in [-0.3, -0.25) is 0 Å². The van der Waals surface area contributed by atoms with Crippen LogP contribution in [0.4, 0.5) is 0 Å². The summed E-state index contributed by atoms with van der Waals surface area (Å²) in [5, 5.41) is 7.47. The van der Waals surface area contributed by atoms with Crippen LogP contribution in [-0.4, -0.2) is 23.4 Å². The van der Waals surface area contributed by atoms with E-state index in [4.69, 9.17) is 0 Å². The minimum Gasteiger partial charge on any atom is -0.319 e. The largest absolute Gasteiger partial charge is 0.331 e. The first-order valence-electron chi connectivity index (χ1n) is 6.00. The van der Waals surface area contributed by atoms with Crippen molar-refractivity contribution in [2.45, 2.75) is 27.2 Å². The summed E-state index contributed by atoms with van der Waals surface area (Å²) < 4.78 is 0. The van der Waals surface area contributed by atoms with Gasteiger partial charge in [0.15, 0.2) is 0 Å². The molecule has 0 aliphatic heterocycles. The summed E-state index contributed by atoms with van der Waals surface area (Å²) in [6.45, 7) is 4.23. The van der Waals surface area contributed by atoms with Gasteiger partial charge < -0.3 is 9.68 Å². The third kappa shape index (κ3) is 5.90. The standard InChI is InChI=1S/C14H16N2O4/c1-10(15-19-11(2)17)9-14(16-20-12(3)18)13-7-5-4-6-8-13/h4-8H,9H2,1-3H3/b15-10+,16-14+. The SMILES string of the molecule is CC(=O)O/N=C(\C)C/C(=N\OC(C)=O)c1ccccc1. The van der Waals surface area contributed by atoms with Gasteiger partial charge in [0.05, 0.1) is 11.4 Å². The van der Waals surface area contributed by atoms with Crippen molar-refractivity contribution in [1.29, 1.82) is 0 Å².